The topological polar surface area (TPSA) is 74.2 Å². The van der Waals surface area contributed by atoms with Crippen LogP contribution in [-0.4, -0.2) is 19.2 Å². The van der Waals surface area contributed by atoms with Crippen LogP contribution in [0.25, 0.3) is 0 Å². The van der Waals surface area contributed by atoms with E-state index in [2.05, 4.69) is 16.7 Å². The molecule has 0 saturated heterocycles. The predicted octanol–water partition coefficient (Wildman–Crippen LogP) is 3.65. The zero-order chi connectivity index (χ0) is 17.4. The number of nitriles is 1. The van der Waals surface area contributed by atoms with Crippen LogP contribution in [0.3, 0.4) is 0 Å². The van der Waals surface area contributed by atoms with Crippen LogP contribution in [0.15, 0.2) is 48.5 Å². The Kier molecular flexibility index (Phi) is 6.47. The van der Waals surface area contributed by atoms with Gasteiger partial charge in [-0.1, -0.05) is 23.7 Å². The summed E-state index contributed by atoms with van der Waals surface area (Å²) in [5.74, 6) is 0.701. The number of carbonyl (C=O) groups excluding carboxylic acids is 1. The third-order valence-corrected chi connectivity index (χ3v) is 3.61. The lowest BCUT2D eigenvalue weighted by Gasteiger charge is -2.15. The first-order valence-electron chi connectivity index (χ1n) is 7.51. The van der Waals surface area contributed by atoms with Crippen LogP contribution in [0.5, 0.6) is 5.75 Å². The quantitative estimate of drug-likeness (QED) is 0.786. The molecule has 0 saturated carbocycles. The molecule has 2 N–H and O–H groups in total. The number of benzene rings is 2. The zero-order valence-electron chi connectivity index (χ0n) is 13.3. The molecule has 2 rings (SSSR count). The molecule has 2 amide bonds. The number of halogens is 1. The van der Waals surface area contributed by atoms with Gasteiger partial charge in [0.05, 0.1) is 24.2 Å². The second kappa shape index (κ2) is 8.80. The van der Waals surface area contributed by atoms with Crippen LogP contribution in [-0.2, 0) is 0 Å². The van der Waals surface area contributed by atoms with E-state index in [1.54, 1.807) is 36.4 Å². The normalized spacial score (nSPS) is 11.2. The van der Waals surface area contributed by atoms with Gasteiger partial charge < -0.3 is 15.4 Å². The second-order valence-corrected chi connectivity index (χ2v) is 5.59. The lowest BCUT2D eigenvalue weighted by atomic mass is 10.1. The summed E-state index contributed by atoms with van der Waals surface area (Å²) in [4.78, 5) is 11.9. The molecule has 2 aromatic carbocycles. The van der Waals surface area contributed by atoms with Gasteiger partial charge in [0.2, 0.25) is 0 Å². The van der Waals surface area contributed by atoms with Gasteiger partial charge in [-0.2, -0.15) is 5.26 Å². The Balaban J connectivity index is 1.70. The minimum Gasteiger partial charge on any atom is -0.492 e. The van der Waals surface area contributed by atoms with Crippen LogP contribution < -0.4 is 15.4 Å². The highest BCUT2D eigenvalue weighted by Gasteiger charge is 2.09. The Morgan fingerprint density at radius 1 is 1.21 bits per heavy atom. The van der Waals surface area contributed by atoms with Crippen LogP contribution in [0.4, 0.5) is 4.79 Å². The molecular formula is C18H18ClN3O2. The van der Waals surface area contributed by atoms with E-state index in [0.717, 1.165) is 5.56 Å². The van der Waals surface area contributed by atoms with Crippen molar-refractivity contribution in [3.05, 3.63) is 64.7 Å². The maximum Gasteiger partial charge on any atom is 0.315 e. The Bertz CT molecular complexity index is 709. The fourth-order valence-electron chi connectivity index (χ4n) is 2.04. The van der Waals surface area contributed by atoms with Crippen LogP contribution in [0.2, 0.25) is 5.02 Å². The van der Waals surface area contributed by atoms with E-state index in [1.165, 1.54) is 0 Å². The first kappa shape index (κ1) is 17.6. The molecule has 1 unspecified atom stereocenters. The van der Waals surface area contributed by atoms with Crippen molar-refractivity contribution in [1.29, 1.82) is 5.26 Å². The molecule has 1 atom stereocenters. The molecule has 24 heavy (non-hydrogen) atoms. The first-order valence-corrected chi connectivity index (χ1v) is 7.89. The molecule has 0 aliphatic rings. The second-order valence-electron chi connectivity index (χ2n) is 5.16. The molecule has 0 radical (unpaired) electrons. The van der Waals surface area contributed by atoms with E-state index in [0.29, 0.717) is 29.5 Å². The summed E-state index contributed by atoms with van der Waals surface area (Å²) < 4.78 is 5.49. The highest BCUT2D eigenvalue weighted by atomic mass is 35.5. The smallest absolute Gasteiger partial charge is 0.315 e. The van der Waals surface area contributed by atoms with Gasteiger partial charge >= 0.3 is 6.03 Å². The fourth-order valence-corrected chi connectivity index (χ4v) is 2.17. The highest BCUT2D eigenvalue weighted by Crippen LogP contribution is 2.15. The van der Waals surface area contributed by atoms with Gasteiger partial charge in [-0.05, 0) is 48.9 Å². The number of hydrogen-bond acceptors (Lipinski definition) is 3. The molecule has 6 heteroatoms. The SMILES string of the molecule is CC(NC(=O)NCCOc1ccc(Cl)cc1)c1ccc(C#N)cc1. The number of amides is 2. The molecule has 0 heterocycles. The lowest BCUT2D eigenvalue weighted by molar-refractivity contribution is 0.233. The molecule has 124 valence electrons. The summed E-state index contributed by atoms with van der Waals surface area (Å²) in [6.07, 6.45) is 0. The first-order chi connectivity index (χ1) is 11.6. The number of nitrogens with one attached hydrogen (secondary N) is 2. The fraction of sp³-hybridized carbons (Fsp3) is 0.222. The van der Waals surface area contributed by atoms with Crippen LogP contribution >= 0.6 is 11.6 Å². The van der Waals surface area contributed by atoms with Crippen molar-refractivity contribution in [2.45, 2.75) is 13.0 Å². The molecule has 0 spiro atoms. The number of rotatable bonds is 6. The molecule has 5 nitrogen and oxygen atoms in total. The summed E-state index contributed by atoms with van der Waals surface area (Å²) in [5.41, 5.74) is 1.52. The van der Waals surface area contributed by atoms with Crippen molar-refractivity contribution in [2.24, 2.45) is 0 Å². The maximum absolute atomic E-state index is 11.9. The van der Waals surface area contributed by atoms with Gasteiger partial charge in [0, 0.05) is 5.02 Å². The molecule has 0 aromatic heterocycles. The van der Waals surface area contributed by atoms with Gasteiger partial charge in [-0.3, -0.25) is 0 Å². The molecule has 0 aliphatic carbocycles. The van der Waals surface area contributed by atoms with Crippen molar-refractivity contribution < 1.29 is 9.53 Å². The average molecular weight is 344 g/mol. The Labute approximate surface area is 146 Å². The summed E-state index contributed by atoms with van der Waals surface area (Å²) in [5, 5.41) is 15.0. The minimum absolute atomic E-state index is 0.157. The third-order valence-electron chi connectivity index (χ3n) is 3.36. The van der Waals surface area contributed by atoms with Crippen molar-refractivity contribution in [3.63, 3.8) is 0 Å². The van der Waals surface area contributed by atoms with Crippen LogP contribution in [0, 0.1) is 11.3 Å². The zero-order valence-corrected chi connectivity index (χ0v) is 14.0. The number of ether oxygens (including phenoxy) is 1. The van der Waals surface area contributed by atoms with Crippen molar-refractivity contribution >= 4 is 17.6 Å². The number of hydrogen-bond donors (Lipinski definition) is 2. The summed E-state index contributed by atoms with van der Waals surface area (Å²) >= 11 is 5.79. The monoisotopic (exact) mass is 343 g/mol. The Morgan fingerprint density at radius 3 is 2.50 bits per heavy atom. The minimum atomic E-state index is -0.272. The molecule has 0 aliphatic heterocycles. The summed E-state index contributed by atoms with van der Waals surface area (Å²) in [6, 6.07) is 15.8. The van der Waals surface area contributed by atoms with E-state index in [-0.39, 0.29) is 12.1 Å². The van der Waals surface area contributed by atoms with Crippen molar-refractivity contribution in [3.8, 4) is 11.8 Å². The van der Waals surface area contributed by atoms with E-state index < -0.39 is 0 Å². The number of carbonyl (C=O) groups is 1. The van der Waals surface area contributed by atoms with Crippen molar-refractivity contribution in [2.75, 3.05) is 13.2 Å². The van der Waals surface area contributed by atoms with Crippen molar-refractivity contribution in [1.82, 2.24) is 10.6 Å². The Morgan fingerprint density at radius 2 is 1.88 bits per heavy atom. The van der Waals surface area contributed by atoms with Gasteiger partial charge in [-0.25, -0.2) is 4.79 Å². The molecule has 2 aromatic rings. The lowest BCUT2D eigenvalue weighted by Crippen LogP contribution is -2.38. The Hall–Kier alpha value is -2.71. The summed E-state index contributed by atoms with van der Waals surface area (Å²) in [7, 11) is 0. The van der Waals surface area contributed by atoms with Gasteiger partial charge in [0.15, 0.2) is 0 Å². The highest BCUT2D eigenvalue weighted by molar-refractivity contribution is 6.30. The third kappa shape index (κ3) is 5.49. The van der Waals surface area contributed by atoms with E-state index in [4.69, 9.17) is 21.6 Å². The predicted molar refractivity (Wildman–Crippen MR) is 93.1 cm³/mol. The number of urea groups is 1. The molecule has 0 bridgehead atoms. The van der Waals surface area contributed by atoms with Crippen LogP contribution in [0.1, 0.15) is 24.1 Å². The van der Waals surface area contributed by atoms with Gasteiger partial charge in [0.25, 0.3) is 0 Å². The largest absolute Gasteiger partial charge is 0.492 e. The number of nitrogens with zero attached hydrogens (tertiary/aromatic N) is 1. The summed E-state index contributed by atoms with van der Waals surface area (Å²) in [6.45, 7) is 2.63. The molecule has 0 fully saturated rings. The van der Waals surface area contributed by atoms with E-state index in [1.807, 2.05) is 19.1 Å². The standard InChI is InChI=1S/C18H18ClN3O2/c1-13(15-4-2-14(12-20)3-5-15)22-18(23)21-10-11-24-17-8-6-16(19)7-9-17/h2-9,13H,10-11H2,1H3,(H2,21,22,23). The van der Waals surface area contributed by atoms with Gasteiger partial charge in [0.1, 0.15) is 12.4 Å². The maximum atomic E-state index is 11.9. The van der Waals surface area contributed by atoms with Gasteiger partial charge in [-0.15, -0.1) is 0 Å². The van der Waals surface area contributed by atoms with E-state index >= 15 is 0 Å². The van der Waals surface area contributed by atoms with E-state index in [9.17, 15) is 4.79 Å². The average Bonchev–Trinajstić information content (AvgIpc) is 2.60. The molecular weight excluding hydrogens is 326 g/mol.